The summed E-state index contributed by atoms with van der Waals surface area (Å²) in [6.45, 7) is 3.59. The van der Waals surface area contributed by atoms with Crippen molar-refractivity contribution in [1.82, 2.24) is 5.32 Å². The second kappa shape index (κ2) is 43.6. The number of hydrogen-bond donors (Lipinski definition) is 3. The van der Waals surface area contributed by atoms with E-state index >= 15 is 0 Å². The normalized spacial score (nSPS) is 13.1. The van der Waals surface area contributed by atoms with Crippen LogP contribution in [0.4, 0.5) is 0 Å². The molecule has 334 valence electrons. The summed E-state index contributed by atoms with van der Waals surface area (Å²) in [5.41, 5.74) is 0. The van der Waals surface area contributed by atoms with Crippen molar-refractivity contribution < 1.29 is 37.9 Å². The highest BCUT2D eigenvalue weighted by molar-refractivity contribution is 7.47. The molecule has 1 amide bonds. The first kappa shape index (κ1) is 55.0. The molecule has 9 nitrogen and oxygen atoms in total. The molecule has 0 rings (SSSR count). The Bertz CT molecular complexity index is 891. The van der Waals surface area contributed by atoms with Crippen molar-refractivity contribution in [2.24, 2.45) is 0 Å². The Balaban J connectivity index is 3.48. The highest BCUT2D eigenvalue weighted by Crippen LogP contribution is 2.42. The highest BCUT2D eigenvalue weighted by atomic mass is 31.2. The van der Waals surface area contributed by atoms with Crippen LogP contribution in [0.25, 0.3) is 0 Å². The molecule has 0 saturated carbocycles. The number of unbranched alkanes of at least 4 members (excludes halogenated alkanes) is 33. The first-order chi connectivity index (χ1) is 27.3. The van der Waals surface area contributed by atoms with Gasteiger partial charge in [-0.2, -0.15) is 0 Å². The fourth-order valence-corrected chi connectivity index (χ4v) is 7.91. The molecule has 0 fully saturated rings. The lowest BCUT2D eigenvalue weighted by Crippen LogP contribution is -2.27. The van der Waals surface area contributed by atoms with Crippen LogP contribution in [-0.4, -0.2) is 54.3 Å². The molecule has 0 saturated heterocycles. The molecule has 0 aliphatic heterocycles. The Labute approximate surface area is 346 Å². The van der Waals surface area contributed by atoms with Gasteiger partial charge in [0.25, 0.3) is 0 Å². The minimum atomic E-state index is -4.41. The third-order valence-electron chi connectivity index (χ3n) is 10.8. The summed E-state index contributed by atoms with van der Waals surface area (Å²) in [5, 5.41) is 12.7. The fraction of sp³-hybridized carbons (Fsp3) is 0.957. The molecular formula is C46H92NO8P. The van der Waals surface area contributed by atoms with E-state index in [1.165, 1.54) is 186 Å². The van der Waals surface area contributed by atoms with Crippen LogP contribution in [0.1, 0.15) is 251 Å². The Morgan fingerprint density at radius 2 is 0.804 bits per heavy atom. The molecule has 0 aliphatic rings. The molecule has 0 aromatic heterocycles. The molecule has 10 heteroatoms. The molecule has 0 aromatic rings. The molecule has 2 unspecified atom stereocenters. The van der Waals surface area contributed by atoms with Gasteiger partial charge in [-0.25, -0.2) is 4.57 Å². The van der Waals surface area contributed by atoms with E-state index in [-0.39, 0.29) is 25.7 Å². The average Bonchev–Trinajstić information content (AvgIpc) is 3.18. The lowest BCUT2D eigenvalue weighted by atomic mass is 10.0. The number of rotatable bonds is 46. The Hall–Kier alpha value is -0.990. The van der Waals surface area contributed by atoms with Gasteiger partial charge in [-0.15, -0.1) is 0 Å². The topological polar surface area (TPSA) is 131 Å². The van der Waals surface area contributed by atoms with E-state index in [9.17, 15) is 24.2 Å². The first-order valence-electron chi connectivity index (χ1n) is 24.0. The quantitative estimate of drug-likeness (QED) is 0.0314. The summed E-state index contributed by atoms with van der Waals surface area (Å²) in [6.07, 6.45) is 44.8. The van der Waals surface area contributed by atoms with E-state index in [0.717, 1.165) is 38.5 Å². The minimum Gasteiger partial charge on any atom is -0.463 e. The van der Waals surface area contributed by atoms with Gasteiger partial charge in [0, 0.05) is 19.4 Å². The number of amides is 1. The largest absolute Gasteiger partial charge is 0.472 e. The van der Waals surface area contributed by atoms with Gasteiger partial charge in [0.2, 0.25) is 5.91 Å². The van der Waals surface area contributed by atoms with Crippen molar-refractivity contribution in [3.63, 3.8) is 0 Å². The summed E-state index contributed by atoms with van der Waals surface area (Å²) in [7, 11) is -4.41. The molecule has 0 radical (unpaired) electrons. The van der Waals surface area contributed by atoms with E-state index in [0.29, 0.717) is 12.8 Å². The number of phosphoric ester groups is 1. The van der Waals surface area contributed by atoms with Crippen LogP contribution in [0.3, 0.4) is 0 Å². The smallest absolute Gasteiger partial charge is 0.463 e. The summed E-state index contributed by atoms with van der Waals surface area (Å²) < 4.78 is 26.9. The zero-order valence-electron chi connectivity index (χ0n) is 36.9. The predicted octanol–water partition coefficient (Wildman–Crippen LogP) is 13.6. The summed E-state index contributed by atoms with van der Waals surface area (Å²) in [5.74, 6) is -0.503. The van der Waals surface area contributed by atoms with Crippen molar-refractivity contribution in [2.45, 2.75) is 258 Å². The van der Waals surface area contributed by atoms with Crippen LogP contribution in [0.5, 0.6) is 0 Å². The maximum atomic E-state index is 12.1. The SMILES string of the molecule is CCCCCCCCCCCCCCCCCCCCCCCCCCC(=O)OCC(O)COP(=O)(O)OCCNC(=O)CCCCCCCCCCCCC. The van der Waals surface area contributed by atoms with Crippen molar-refractivity contribution in [1.29, 1.82) is 0 Å². The van der Waals surface area contributed by atoms with Gasteiger partial charge in [-0.3, -0.25) is 18.6 Å². The summed E-state index contributed by atoms with van der Waals surface area (Å²) >= 11 is 0. The predicted molar refractivity (Wildman–Crippen MR) is 234 cm³/mol. The summed E-state index contributed by atoms with van der Waals surface area (Å²) in [4.78, 5) is 33.9. The lowest BCUT2D eigenvalue weighted by molar-refractivity contribution is -0.147. The second-order valence-corrected chi connectivity index (χ2v) is 17.9. The van der Waals surface area contributed by atoms with Crippen molar-refractivity contribution >= 4 is 19.7 Å². The fourth-order valence-electron chi connectivity index (χ4n) is 7.15. The van der Waals surface area contributed by atoms with Crippen LogP contribution in [0.2, 0.25) is 0 Å². The first-order valence-corrected chi connectivity index (χ1v) is 25.5. The molecule has 0 aliphatic carbocycles. The number of esters is 1. The van der Waals surface area contributed by atoms with Gasteiger partial charge in [0.1, 0.15) is 12.7 Å². The highest BCUT2D eigenvalue weighted by Gasteiger charge is 2.23. The molecule has 0 aromatic carbocycles. The Morgan fingerprint density at radius 1 is 0.482 bits per heavy atom. The zero-order chi connectivity index (χ0) is 41.1. The van der Waals surface area contributed by atoms with Gasteiger partial charge < -0.3 is 20.1 Å². The van der Waals surface area contributed by atoms with Gasteiger partial charge >= 0.3 is 13.8 Å². The third kappa shape index (κ3) is 44.1. The van der Waals surface area contributed by atoms with Gasteiger partial charge in [0.05, 0.1) is 13.2 Å². The molecule has 3 N–H and O–H groups in total. The molecule has 2 atom stereocenters. The lowest BCUT2D eigenvalue weighted by Gasteiger charge is -2.15. The molecule has 0 heterocycles. The number of phosphoric acid groups is 1. The number of carbonyl (C=O) groups excluding carboxylic acids is 2. The number of hydrogen-bond acceptors (Lipinski definition) is 7. The van der Waals surface area contributed by atoms with E-state index in [2.05, 4.69) is 19.2 Å². The van der Waals surface area contributed by atoms with Crippen LogP contribution in [0, 0.1) is 0 Å². The third-order valence-corrected chi connectivity index (χ3v) is 11.8. The Morgan fingerprint density at radius 3 is 1.16 bits per heavy atom. The van der Waals surface area contributed by atoms with Crippen molar-refractivity contribution in [2.75, 3.05) is 26.4 Å². The Kier molecular flexibility index (Phi) is 42.8. The maximum absolute atomic E-state index is 12.1. The van der Waals surface area contributed by atoms with Crippen LogP contribution >= 0.6 is 7.82 Å². The minimum absolute atomic E-state index is 0.0878. The molecule has 56 heavy (non-hydrogen) atoms. The number of ether oxygens (including phenoxy) is 1. The molecule has 0 spiro atoms. The van der Waals surface area contributed by atoms with Gasteiger partial charge in [-0.1, -0.05) is 226 Å². The van der Waals surface area contributed by atoms with Crippen LogP contribution in [-0.2, 0) is 27.9 Å². The number of carbonyl (C=O) groups is 2. The molecular weight excluding hydrogens is 725 g/mol. The monoisotopic (exact) mass is 818 g/mol. The summed E-state index contributed by atoms with van der Waals surface area (Å²) in [6, 6.07) is 0. The zero-order valence-corrected chi connectivity index (χ0v) is 37.8. The van der Waals surface area contributed by atoms with Crippen molar-refractivity contribution in [3.05, 3.63) is 0 Å². The number of aliphatic hydroxyl groups excluding tert-OH is 1. The average molecular weight is 818 g/mol. The number of nitrogens with one attached hydrogen (secondary N) is 1. The van der Waals surface area contributed by atoms with E-state index < -0.39 is 26.5 Å². The maximum Gasteiger partial charge on any atom is 0.472 e. The van der Waals surface area contributed by atoms with Crippen LogP contribution in [0.15, 0.2) is 0 Å². The van der Waals surface area contributed by atoms with E-state index in [4.69, 9.17) is 13.8 Å². The van der Waals surface area contributed by atoms with Gasteiger partial charge in [-0.05, 0) is 12.8 Å². The van der Waals surface area contributed by atoms with E-state index in [1.54, 1.807) is 0 Å². The van der Waals surface area contributed by atoms with Crippen molar-refractivity contribution in [3.8, 4) is 0 Å². The van der Waals surface area contributed by atoms with Gasteiger partial charge in [0.15, 0.2) is 0 Å². The number of aliphatic hydroxyl groups is 1. The standard InChI is InChI=1S/C46H92NO8P/c1-3-5-7-9-11-13-15-16-17-18-19-20-21-22-23-24-25-26-27-29-31-33-35-37-39-46(50)53-42-44(48)43-55-56(51,52)54-41-40-47-45(49)38-36-34-32-30-28-14-12-10-8-6-4-2/h44,48H,3-43H2,1-2H3,(H,47,49)(H,51,52). The second-order valence-electron chi connectivity index (χ2n) is 16.5. The van der Waals surface area contributed by atoms with E-state index in [1.807, 2.05) is 0 Å². The van der Waals surface area contributed by atoms with Crippen LogP contribution < -0.4 is 5.32 Å². The molecule has 0 bridgehead atoms.